The van der Waals surface area contributed by atoms with Crippen molar-refractivity contribution in [1.29, 1.82) is 0 Å². The molecule has 0 aliphatic heterocycles. The number of carbonyl (C=O) groups is 1. The van der Waals surface area contributed by atoms with Gasteiger partial charge in [0.2, 0.25) is 5.91 Å². The number of H-pyrrole nitrogens is 1. The Kier molecular flexibility index (Phi) is 3.82. The van der Waals surface area contributed by atoms with Gasteiger partial charge in [0.25, 0.3) is 5.56 Å². The summed E-state index contributed by atoms with van der Waals surface area (Å²) in [5, 5.41) is 2.44. The SMILES string of the molecule is COc1ccccc1CC(=O)n1[nH]c(=O)cc1CN. The number of aromatic nitrogens is 2. The van der Waals surface area contributed by atoms with Crippen molar-refractivity contribution in [2.24, 2.45) is 5.73 Å². The zero-order chi connectivity index (χ0) is 13.8. The third-order valence-corrected chi connectivity index (χ3v) is 2.80. The summed E-state index contributed by atoms with van der Waals surface area (Å²) >= 11 is 0. The van der Waals surface area contributed by atoms with E-state index in [4.69, 9.17) is 10.5 Å². The number of benzene rings is 1. The number of rotatable bonds is 4. The van der Waals surface area contributed by atoms with E-state index in [0.717, 1.165) is 5.56 Å². The molecule has 0 spiro atoms. The molecular weight excluding hydrogens is 246 g/mol. The van der Waals surface area contributed by atoms with Gasteiger partial charge in [-0.3, -0.25) is 14.7 Å². The number of methoxy groups -OCH3 is 1. The minimum Gasteiger partial charge on any atom is -0.496 e. The molecule has 19 heavy (non-hydrogen) atoms. The molecule has 3 N–H and O–H groups in total. The van der Waals surface area contributed by atoms with Crippen LogP contribution in [0.4, 0.5) is 0 Å². The lowest BCUT2D eigenvalue weighted by Crippen LogP contribution is -2.20. The highest BCUT2D eigenvalue weighted by Crippen LogP contribution is 2.18. The monoisotopic (exact) mass is 261 g/mol. The van der Waals surface area contributed by atoms with E-state index in [-0.39, 0.29) is 24.4 Å². The van der Waals surface area contributed by atoms with Crippen molar-refractivity contribution in [3.63, 3.8) is 0 Å². The Labute approximate surface area is 109 Å². The second kappa shape index (κ2) is 5.53. The maximum Gasteiger partial charge on any atom is 0.264 e. The number of hydrogen-bond donors (Lipinski definition) is 2. The van der Waals surface area contributed by atoms with Gasteiger partial charge in [0.05, 0.1) is 19.2 Å². The smallest absolute Gasteiger partial charge is 0.264 e. The third kappa shape index (κ3) is 2.74. The quantitative estimate of drug-likeness (QED) is 0.839. The Morgan fingerprint density at radius 1 is 1.42 bits per heavy atom. The first-order chi connectivity index (χ1) is 9.15. The van der Waals surface area contributed by atoms with E-state index in [1.165, 1.54) is 10.7 Å². The van der Waals surface area contributed by atoms with Crippen LogP contribution >= 0.6 is 0 Å². The lowest BCUT2D eigenvalue weighted by molar-refractivity contribution is 0.0893. The molecule has 100 valence electrons. The fourth-order valence-corrected chi connectivity index (χ4v) is 1.89. The number of aromatic amines is 1. The highest BCUT2D eigenvalue weighted by Gasteiger charge is 2.13. The van der Waals surface area contributed by atoms with Crippen molar-refractivity contribution in [2.45, 2.75) is 13.0 Å². The summed E-state index contributed by atoms with van der Waals surface area (Å²) < 4.78 is 6.38. The van der Waals surface area contributed by atoms with E-state index in [9.17, 15) is 9.59 Å². The van der Waals surface area contributed by atoms with E-state index in [2.05, 4.69) is 5.10 Å². The second-order valence-corrected chi connectivity index (χ2v) is 4.03. The van der Waals surface area contributed by atoms with Gasteiger partial charge in [-0.05, 0) is 6.07 Å². The van der Waals surface area contributed by atoms with Crippen LogP contribution in [0, 0.1) is 0 Å². The molecule has 0 saturated heterocycles. The molecule has 6 heteroatoms. The maximum absolute atomic E-state index is 12.2. The molecule has 1 aromatic carbocycles. The van der Waals surface area contributed by atoms with E-state index >= 15 is 0 Å². The first-order valence-electron chi connectivity index (χ1n) is 5.82. The Bertz CT molecular complexity index is 643. The van der Waals surface area contributed by atoms with Crippen LogP contribution < -0.4 is 16.0 Å². The van der Waals surface area contributed by atoms with E-state index in [1.54, 1.807) is 19.2 Å². The summed E-state index contributed by atoms with van der Waals surface area (Å²) in [7, 11) is 1.55. The van der Waals surface area contributed by atoms with Crippen LogP contribution in [0.1, 0.15) is 16.1 Å². The summed E-state index contributed by atoms with van der Waals surface area (Å²) in [6.45, 7) is 0.121. The highest BCUT2D eigenvalue weighted by molar-refractivity contribution is 5.81. The van der Waals surface area contributed by atoms with Crippen LogP contribution in [0.2, 0.25) is 0 Å². The van der Waals surface area contributed by atoms with Crippen molar-refractivity contribution in [1.82, 2.24) is 9.78 Å². The number of para-hydroxylation sites is 1. The Hall–Kier alpha value is -2.34. The van der Waals surface area contributed by atoms with Gasteiger partial charge < -0.3 is 10.5 Å². The van der Waals surface area contributed by atoms with Crippen LogP contribution in [-0.4, -0.2) is 22.8 Å². The van der Waals surface area contributed by atoms with Gasteiger partial charge in [-0.1, -0.05) is 18.2 Å². The molecular formula is C13H15N3O3. The average molecular weight is 261 g/mol. The van der Waals surface area contributed by atoms with Gasteiger partial charge in [-0.2, -0.15) is 0 Å². The first kappa shape index (κ1) is 13.1. The van der Waals surface area contributed by atoms with E-state index < -0.39 is 0 Å². The molecule has 1 aromatic heterocycles. The maximum atomic E-state index is 12.2. The normalized spacial score (nSPS) is 10.4. The zero-order valence-corrected chi connectivity index (χ0v) is 10.6. The highest BCUT2D eigenvalue weighted by atomic mass is 16.5. The molecule has 0 unspecified atom stereocenters. The predicted molar refractivity (Wildman–Crippen MR) is 70.3 cm³/mol. The molecule has 2 rings (SSSR count). The lowest BCUT2D eigenvalue weighted by atomic mass is 10.1. The van der Waals surface area contributed by atoms with Crippen molar-refractivity contribution in [2.75, 3.05) is 7.11 Å². The number of nitrogens with zero attached hydrogens (tertiary/aromatic N) is 1. The molecule has 2 aromatic rings. The molecule has 1 heterocycles. The van der Waals surface area contributed by atoms with E-state index in [1.807, 2.05) is 12.1 Å². The summed E-state index contributed by atoms with van der Waals surface area (Å²) in [5.74, 6) is 0.381. The number of hydrogen-bond acceptors (Lipinski definition) is 4. The van der Waals surface area contributed by atoms with Crippen LogP contribution in [0.5, 0.6) is 5.75 Å². The van der Waals surface area contributed by atoms with Crippen LogP contribution in [-0.2, 0) is 13.0 Å². The molecule has 0 aliphatic rings. The fourth-order valence-electron chi connectivity index (χ4n) is 1.89. The summed E-state index contributed by atoms with van der Waals surface area (Å²) in [6.07, 6.45) is 0.127. The Morgan fingerprint density at radius 2 is 2.16 bits per heavy atom. The van der Waals surface area contributed by atoms with Crippen LogP contribution in [0.3, 0.4) is 0 Å². The molecule has 0 bridgehead atoms. The van der Waals surface area contributed by atoms with Crippen LogP contribution in [0.25, 0.3) is 0 Å². The van der Waals surface area contributed by atoms with Crippen molar-refractivity contribution in [3.8, 4) is 5.75 Å². The van der Waals surface area contributed by atoms with Gasteiger partial charge in [0.1, 0.15) is 5.75 Å². The van der Waals surface area contributed by atoms with Gasteiger partial charge >= 0.3 is 0 Å². The molecule has 0 aliphatic carbocycles. The first-order valence-corrected chi connectivity index (χ1v) is 5.82. The minimum absolute atomic E-state index is 0.121. The Balaban J connectivity index is 2.28. The van der Waals surface area contributed by atoms with Gasteiger partial charge in [-0.15, -0.1) is 0 Å². The van der Waals surface area contributed by atoms with Gasteiger partial charge in [0.15, 0.2) is 0 Å². The molecule has 0 saturated carbocycles. The Morgan fingerprint density at radius 3 is 2.84 bits per heavy atom. The van der Waals surface area contributed by atoms with Crippen molar-refractivity contribution >= 4 is 5.91 Å². The minimum atomic E-state index is -0.339. The lowest BCUT2D eigenvalue weighted by Gasteiger charge is -2.09. The number of nitrogens with two attached hydrogens (primary N) is 1. The van der Waals surface area contributed by atoms with Crippen LogP contribution in [0.15, 0.2) is 35.1 Å². The predicted octanol–water partition coefficient (Wildman–Crippen LogP) is 0.527. The van der Waals surface area contributed by atoms with Gasteiger partial charge in [-0.25, -0.2) is 4.68 Å². The third-order valence-electron chi connectivity index (χ3n) is 2.80. The number of ether oxygens (including phenoxy) is 1. The van der Waals surface area contributed by atoms with Crippen molar-refractivity contribution in [3.05, 3.63) is 51.9 Å². The molecule has 0 radical (unpaired) electrons. The molecule has 0 fully saturated rings. The summed E-state index contributed by atoms with van der Waals surface area (Å²) in [6, 6.07) is 8.56. The largest absolute Gasteiger partial charge is 0.496 e. The number of carbonyl (C=O) groups excluding carboxylic acids is 1. The fraction of sp³-hybridized carbons (Fsp3) is 0.231. The summed E-state index contributed by atoms with van der Waals surface area (Å²) in [4.78, 5) is 23.4. The average Bonchev–Trinajstić information content (AvgIpc) is 2.80. The number of nitrogens with one attached hydrogen (secondary N) is 1. The zero-order valence-electron chi connectivity index (χ0n) is 10.6. The molecule has 0 atom stereocenters. The van der Waals surface area contributed by atoms with Crippen molar-refractivity contribution < 1.29 is 9.53 Å². The van der Waals surface area contributed by atoms with Gasteiger partial charge in [0, 0.05) is 18.2 Å². The summed E-state index contributed by atoms with van der Waals surface area (Å²) in [5.41, 5.74) is 6.38. The topological polar surface area (TPSA) is 90.1 Å². The molecule has 6 nitrogen and oxygen atoms in total. The second-order valence-electron chi connectivity index (χ2n) is 4.03. The molecule has 0 amide bonds. The standard InChI is InChI=1S/C13H15N3O3/c1-19-11-5-3-2-4-9(11)6-13(18)16-10(8-14)7-12(17)15-16/h2-5,7H,6,8,14H2,1H3,(H,15,17). The van der Waals surface area contributed by atoms with E-state index in [0.29, 0.717) is 11.4 Å².